The van der Waals surface area contributed by atoms with E-state index in [1.807, 2.05) is 4.90 Å². The molecular formula is C19H26N2OS. The van der Waals surface area contributed by atoms with E-state index in [-0.39, 0.29) is 6.03 Å². The summed E-state index contributed by atoms with van der Waals surface area (Å²) in [5.74, 6) is 0.640. The van der Waals surface area contributed by atoms with Crippen LogP contribution < -0.4 is 5.32 Å². The topological polar surface area (TPSA) is 32.3 Å². The molecule has 2 aromatic rings. The van der Waals surface area contributed by atoms with Gasteiger partial charge in [0.25, 0.3) is 0 Å². The second kappa shape index (κ2) is 7.35. The molecule has 0 atom stereocenters. The Hall–Kier alpha value is -1.55. The summed E-state index contributed by atoms with van der Waals surface area (Å²) < 4.78 is 1.32. The lowest BCUT2D eigenvalue weighted by atomic mass is 10.1. The fourth-order valence-electron chi connectivity index (χ4n) is 2.87. The van der Waals surface area contributed by atoms with Crippen LogP contribution in [-0.4, -0.2) is 30.1 Å². The quantitative estimate of drug-likeness (QED) is 0.786. The number of carbonyl (C=O) groups is 1. The van der Waals surface area contributed by atoms with Gasteiger partial charge in [-0.2, -0.15) is 0 Å². The van der Waals surface area contributed by atoms with Crippen LogP contribution in [0.1, 0.15) is 38.7 Å². The number of nitrogens with zero attached hydrogens (tertiary/aromatic N) is 1. The molecule has 2 amide bonds. The summed E-state index contributed by atoms with van der Waals surface area (Å²) in [6, 6.07) is 9.08. The molecule has 1 saturated carbocycles. The Morgan fingerprint density at radius 1 is 1.35 bits per heavy atom. The molecule has 124 valence electrons. The average Bonchev–Trinajstić information content (AvgIpc) is 3.28. The van der Waals surface area contributed by atoms with Crippen molar-refractivity contribution in [1.29, 1.82) is 0 Å². The summed E-state index contributed by atoms with van der Waals surface area (Å²) in [6.45, 7) is 6.02. The molecule has 3 rings (SSSR count). The van der Waals surface area contributed by atoms with E-state index in [1.54, 1.807) is 11.3 Å². The minimum Gasteiger partial charge on any atom is -0.338 e. The molecular weight excluding hydrogens is 304 g/mol. The Balaban J connectivity index is 1.51. The molecule has 1 aliphatic carbocycles. The first-order chi connectivity index (χ1) is 11.1. The fraction of sp³-hybridized carbons (Fsp3) is 0.526. The molecule has 0 spiro atoms. The number of hydrogen-bond acceptors (Lipinski definition) is 2. The van der Waals surface area contributed by atoms with Crippen LogP contribution in [0.25, 0.3) is 10.1 Å². The van der Waals surface area contributed by atoms with E-state index in [9.17, 15) is 4.79 Å². The van der Waals surface area contributed by atoms with Gasteiger partial charge in [-0.1, -0.05) is 32.0 Å². The van der Waals surface area contributed by atoms with Gasteiger partial charge >= 0.3 is 6.03 Å². The normalized spacial score (nSPS) is 14.4. The van der Waals surface area contributed by atoms with E-state index in [4.69, 9.17) is 0 Å². The van der Waals surface area contributed by atoms with Crippen LogP contribution in [0.2, 0.25) is 0 Å². The Morgan fingerprint density at radius 3 is 2.87 bits per heavy atom. The van der Waals surface area contributed by atoms with Crippen LogP contribution in [0.3, 0.4) is 0 Å². The fourth-order valence-corrected chi connectivity index (χ4v) is 3.86. The summed E-state index contributed by atoms with van der Waals surface area (Å²) in [4.78, 5) is 14.5. The Labute approximate surface area is 142 Å². The first kappa shape index (κ1) is 16.3. The van der Waals surface area contributed by atoms with Crippen molar-refractivity contribution in [2.45, 2.75) is 45.6 Å². The third kappa shape index (κ3) is 4.25. The minimum atomic E-state index is 0.118. The number of benzene rings is 1. The second-order valence-corrected chi connectivity index (χ2v) is 7.76. The van der Waals surface area contributed by atoms with Gasteiger partial charge in [-0.15, -0.1) is 11.3 Å². The van der Waals surface area contributed by atoms with Gasteiger partial charge in [-0.25, -0.2) is 4.79 Å². The Morgan fingerprint density at radius 2 is 2.13 bits per heavy atom. The molecule has 0 bridgehead atoms. The summed E-state index contributed by atoms with van der Waals surface area (Å²) in [5.41, 5.74) is 1.34. The zero-order chi connectivity index (χ0) is 16.2. The highest BCUT2D eigenvalue weighted by molar-refractivity contribution is 7.17. The molecule has 0 radical (unpaired) electrons. The van der Waals surface area contributed by atoms with Gasteiger partial charge in [0.1, 0.15) is 0 Å². The molecule has 1 N–H and O–H groups in total. The van der Waals surface area contributed by atoms with Crippen LogP contribution in [0, 0.1) is 5.92 Å². The number of hydrogen-bond donors (Lipinski definition) is 1. The van der Waals surface area contributed by atoms with Crippen molar-refractivity contribution < 1.29 is 4.79 Å². The lowest BCUT2D eigenvalue weighted by Crippen LogP contribution is -2.42. The molecule has 1 aromatic heterocycles. The number of urea groups is 1. The summed E-state index contributed by atoms with van der Waals surface area (Å²) >= 11 is 1.78. The van der Waals surface area contributed by atoms with Gasteiger partial charge in [0, 0.05) is 23.8 Å². The smallest absolute Gasteiger partial charge is 0.317 e. The molecule has 0 unspecified atom stereocenters. The molecule has 3 nitrogen and oxygen atoms in total. The number of nitrogens with one attached hydrogen (secondary N) is 1. The van der Waals surface area contributed by atoms with Crippen LogP contribution in [0.5, 0.6) is 0 Å². The summed E-state index contributed by atoms with van der Waals surface area (Å²) in [7, 11) is 0. The second-order valence-electron chi connectivity index (χ2n) is 6.85. The Kier molecular flexibility index (Phi) is 5.21. The van der Waals surface area contributed by atoms with Crippen molar-refractivity contribution in [3.05, 3.63) is 35.2 Å². The van der Waals surface area contributed by atoms with Crippen molar-refractivity contribution in [2.75, 3.05) is 13.1 Å². The predicted octanol–water partition coefficient (Wildman–Crippen LogP) is 4.66. The van der Waals surface area contributed by atoms with Crippen LogP contribution in [0.4, 0.5) is 4.79 Å². The molecule has 0 saturated heterocycles. The maximum atomic E-state index is 12.4. The van der Waals surface area contributed by atoms with Crippen molar-refractivity contribution in [3.8, 4) is 0 Å². The number of fused-ring (bicyclic) bond motifs is 1. The number of amides is 2. The Bertz CT molecular complexity index is 660. The SMILES string of the molecule is CC(C)CCN(C(=O)NCCc1csc2ccccc12)C1CC1. The van der Waals surface area contributed by atoms with E-state index in [0.717, 1.165) is 19.4 Å². The monoisotopic (exact) mass is 330 g/mol. The highest BCUT2D eigenvalue weighted by Gasteiger charge is 2.32. The van der Waals surface area contributed by atoms with Gasteiger partial charge in [0.05, 0.1) is 0 Å². The maximum absolute atomic E-state index is 12.4. The van der Waals surface area contributed by atoms with Gasteiger partial charge < -0.3 is 10.2 Å². The van der Waals surface area contributed by atoms with Gasteiger partial charge in [-0.05, 0) is 54.0 Å². The summed E-state index contributed by atoms with van der Waals surface area (Å²) in [6.07, 6.45) is 4.32. The maximum Gasteiger partial charge on any atom is 0.317 e. The highest BCUT2D eigenvalue weighted by atomic mass is 32.1. The van der Waals surface area contributed by atoms with E-state index in [2.05, 4.69) is 48.8 Å². The van der Waals surface area contributed by atoms with Crippen molar-refractivity contribution in [3.63, 3.8) is 0 Å². The van der Waals surface area contributed by atoms with E-state index in [0.29, 0.717) is 18.5 Å². The largest absolute Gasteiger partial charge is 0.338 e. The third-order valence-electron chi connectivity index (χ3n) is 4.43. The van der Waals surface area contributed by atoms with Crippen molar-refractivity contribution in [1.82, 2.24) is 10.2 Å². The standard InChI is InChI=1S/C19H26N2OS/c1-14(2)10-12-21(16-7-8-16)19(22)20-11-9-15-13-23-18-6-4-3-5-17(15)18/h3-6,13-14,16H,7-12H2,1-2H3,(H,20,22). The number of thiophene rings is 1. The molecule has 23 heavy (non-hydrogen) atoms. The molecule has 0 aliphatic heterocycles. The lowest BCUT2D eigenvalue weighted by Gasteiger charge is -2.23. The van der Waals surface area contributed by atoms with E-state index in [1.165, 1.54) is 28.5 Å². The van der Waals surface area contributed by atoms with Crippen molar-refractivity contribution in [2.24, 2.45) is 5.92 Å². The van der Waals surface area contributed by atoms with Gasteiger partial charge in [0.2, 0.25) is 0 Å². The molecule has 1 aromatic carbocycles. The first-order valence-corrected chi connectivity index (χ1v) is 9.52. The predicted molar refractivity (Wildman–Crippen MR) is 98.1 cm³/mol. The van der Waals surface area contributed by atoms with Crippen molar-refractivity contribution >= 4 is 27.5 Å². The van der Waals surface area contributed by atoms with Crippen LogP contribution in [-0.2, 0) is 6.42 Å². The third-order valence-corrected chi connectivity index (χ3v) is 5.44. The molecule has 1 fully saturated rings. The lowest BCUT2D eigenvalue weighted by molar-refractivity contribution is 0.191. The van der Waals surface area contributed by atoms with Crippen LogP contribution in [0.15, 0.2) is 29.6 Å². The zero-order valence-corrected chi connectivity index (χ0v) is 14.9. The average molecular weight is 330 g/mol. The number of carbonyl (C=O) groups excluding carboxylic acids is 1. The van der Waals surface area contributed by atoms with Crippen LogP contribution >= 0.6 is 11.3 Å². The zero-order valence-electron chi connectivity index (χ0n) is 14.0. The van der Waals surface area contributed by atoms with E-state index >= 15 is 0 Å². The molecule has 1 aliphatic rings. The van der Waals surface area contributed by atoms with E-state index < -0.39 is 0 Å². The summed E-state index contributed by atoms with van der Waals surface area (Å²) in [5, 5.41) is 6.66. The van der Waals surface area contributed by atoms with Gasteiger partial charge in [-0.3, -0.25) is 0 Å². The minimum absolute atomic E-state index is 0.118. The number of rotatable bonds is 7. The molecule has 4 heteroatoms. The molecule has 1 heterocycles. The first-order valence-electron chi connectivity index (χ1n) is 8.64. The van der Waals surface area contributed by atoms with Gasteiger partial charge in [0.15, 0.2) is 0 Å². The highest BCUT2D eigenvalue weighted by Crippen LogP contribution is 2.28.